The molecule has 15 heavy (non-hydrogen) atoms. The largest absolute Gasteiger partial charge is 0.376 e. The summed E-state index contributed by atoms with van der Waals surface area (Å²) in [6.45, 7) is 2.68. The lowest BCUT2D eigenvalue weighted by atomic mass is 10.1. The van der Waals surface area contributed by atoms with Crippen molar-refractivity contribution in [2.45, 2.75) is 18.9 Å². The zero-order valence-corrected chi connectivity index (χ0v) is 8.71. The number of aryl methyl sites for hydroxylation is 1. The van der Waals surface area contributed by atoms with Crippen molar-refractivity contribution in [1.82, 2.24) is 5.32 Å². The Morgan fingerprint density at radius 2 is 2.13 bits per heavy atom. The van der Waals surface area contributed by atoms with Crippen LogP contribution in [0.5, 0.6) is 0 Å². The van der Waals surface area contributed by atoms with E-state index in [1.807, 2.05) is 12.1 Å². The smallest absolute Gasteiger partial charge is 0.123 e. The first kappa shape index (κ1) is 10.6. The maximum atomic E-state index is 12.6. The van der Waals surface area contributed by atoms with Crippen LogP contribution in [0.3, 0.4) is 0 Å². The van der Waals surface area contributed by atoms with Crippen molar-refractivity contribution in [3.05, 3.63) is 35.6 Å². The number of benzene rings is 1. The fourth-order valence-electron chi connectivity index (χ4n) is 1.78. The minimum Gasteiger partial charge on any atom is -0.376 e. The van der Waals surface area contributed by atoms with E-state index in [9.17, 15) is 4.39 Å². The van der Waals surface area contributed by atoms with E-state index in [1.54, 1.807) is 0 Å². The molecule has 0 bridgehead atoms. The third-order valence-corrected chi connectivity index (χ3v) is 2.67. The standard InChI is InChI=1S/C12H16FNO/c13-11-4-1-10(2-5-11)3-6-12-9-14-7-8-15-12/h1-2,4-5,12,14H,3,6-9H2. The van der Waals surface area contributed by atoms with Crippen molar-refractivity contribution >= 4 is 0 Å². The highest BCUT2D eigenvalue weighted by Crippen LogP contribution is 2.09. The lowest BCUT2D eigenvalue weighted by molar-refractivity contribution is 0.0238. The molecule has 3 heteroatoms. The van der Waals surface area contributed by atoms with Crippen molar-refractivity contribution in [1.29, 1.82) is 0 Å². The van der Waals surface area contributed by atoms with E-state index in [-0.39, 0.29) is 5.82 Å². The van der Waals surface area contributed by atoms with Crippen LogP contribution in [0, 0.1) is 5.82 Å². The summed E-state index contributed by atoms with van der Waals surface area (Å²) in [5.41, 5.74) is 1.17. The van der Waals surface area contributed by atoms with E-state index < -0.39 is 0 Å². The molecule has 0 amide bonds. The fraction of sp³-hybridized carbons (Fsp3) is 0.500. The number of halogens is 1. The molecule has 1 aromatic carbocycles. The Hall–Kier alpha value is -0.930. The first-order chi connectivity index (χ1) is 7.34. The zero-order chi connectivity index (χ0) is 10.5. The molecule has 1 saturated heterocycles. The van der Waals surface area contributed by atoms with Gasteiger partial charge in [0, 0.05) is 13.1 Å². The molecule has 1 N–H and O–H groups in total. The third kappa shape index (κ3) is 3.29. The average molecular weight is 209 g/mol. The number of morpholine rings is 1. The third-order valence-electron chi connectivity index (χ3n) is 2.67. The van der Waals surface area contributed by atoms with Crippen LogP contribution in [0.1, 0.15) is 12.0 Å². The topological polar surface area (TPSA) is 21.3 Å². The van der Waals surface area contributed by atoms with Crippen LogP contribution in [0.25, 0.3) is 0 Å². The quantitative estimate of drug-likeness (QED) is 0.818. The van der Waals surface area contributed by atoms with E-state index in [2.05, 4.69) is 5.32 Å². The summed E-state index contributed by atoms with van der Waals surface area (Å²) in [4.78, 5) is 0. The summed E-state index contributed by atoms with van der Waals surface area (Å²) in [6.07, 6.45) is 2.26. The van der Waals surface area contributed by atoms with Gasteiger partial charge in [-0.05, 0) is 30.5 Å². The number of rotatable bonds is 3. The highest BCUT2D eigenvalue weighted by Gasteiger charge is 2.12. The maximum Gasteiger partial charge on any atom is 0.123 e. The van der Waals surface area contributed by atoms with Crippen LogP contribution in [-0.2, 0) is 11.2 Å². The average Bonchev–Trinajstić information content (AvgIpc) is 2.30. The van der Waals surface area contributed by atoms with Gasteiger partial charge in [0.1, 0.15) is 5.82 Å². The Kier molecular flexibility index (Phi) is 3.69. The van der Waals surface area contributed by atoms with Crippen molar-refractivity contribution in [3.8, 4) is 0 Å². The summed E-state index contributed by atoms with van der Waals surface area (Å²) >= 11 is 0. The highest BCUT2D eigenvalue weighted by molar-refractivity contribution is 5.16. The minimum atomic E-state index is -0.172. The molecular formula is C12H16FNO. The molecule has 1 unspecified atom stereocenters. The van der Waals surface area contributed by atoms with Gasteiger partial charge in [-0.1, -0.05) is 12.1 Å². The van der Waals surface area contributed by atoms with Gasteiger partial charge in [0.15, 0.2) is 0 Å². The van der Waals surface area contributed by atoms with Crippen LogP contribution < -0.4 is 5.32 Å². The number of ether oxygens (including phenoxy) is 1. The van der Waals surface area contributed by atoms with Crippen LogP contribution in [0.4, 0.5) is 4.39 Å². The van der Waals surface area contributed by atoms with Gasteiger partial charge in [0.25, 0.3) is 0 Å². The summed E-state index contributed by atoms with van der Waals surface area (Å²) in [5, 5.41) is 3.30. The van der Waals surface area contributed by atoms with Gasteiger partial charge in [0.05, 0.1) is 12.7 Å². The molecule has 1 atom stereocenters. The lowest BCUT2D eigenvalue weighted by Crippen LogP contribution is -2.38. The van der Waals surface area contributed by atoms with Gasteiger partial charge in [-0.2, -0.15) is 0 Å². The van der Waals surface area contributed by atoms with Crippen molar-refractivity contribution in [2.75, 3.05) is 19.7 Å². The van der Waals surface area contributed by atoms with Crippen LogP contribution in [0.15, 0.2) is 24.3 Å². The second-order valence-electron chi connectivity index (χ2n) is 3.86. The number of hydrogen-bond acceptors (Lipinski definition) is 2. The SMILES string of the molecule is Fc1ccc(CCC2CNCCO2)cc1. The van der Waals surface area contributed by atoms with Crippen LogP contribution >= 0.6 is 0 Å². The Balaban J connectivity index is 1.79. The van der Waals surface area contributed by atoms with E-state index in [4.69, 9.17) is 4.74 Å². The fourth-order valence-corrected chi connectivity index (χ4v) is 1.78. The summed E-state index contributed by atoms with van der Waals surface area (Å²) in [6, 6.07) is 6.70. The molecule has 0 spiro atoms. The van der Waals surface area contributed by atoms with Crippen LogP contribution in [0.2, 0.25) is 0 Å². The first-order valence-corrected chi connectivity index (χ1v) is 5.41. The molecule has 0 saturated carbocycles. The Morgan fingerprint density at radius 1 is 1.33 bits per heavy atom. The molecule has 1 heterocycles. The molecule has 82 valence electrons. The molecule has 1 aliphatic rings. The summed E-state index contributed by atoms with van der Waals surface area (Å²) < 4.78 is 18.2. The first-order valence-electron chi connectivity index (χ1n) is 5.41. The second-order valence-corrected chi connectivity index (χ2v) is 3.86. The predicted molar refractivity (Wildman–Crippen MR) is 57.3 cm³/mol. The molecule has 0 radical (unpaired) electrons. The van der Waals surface area contributed by atoms with Crippen molar-refractivity contribution < 1.29 is 9.13 Å². The Labute approximate surface area is 89.4 Å². The molecular weight excluding hydrogens is 193 g/mol. The van der Waals surface area contributed by atoms with Gasteiger partial charge >= 0.3 is 0 Å². The van der Waals surface area contributed by atoms with E-state index >= 15 is 0 Å². The van der Waals surface area contributed by atoms with E-state index in [0.29, 0.717) is 6.10 Å². The summed E-state index contributed by atoms with van der Waals surface area (Å²) in [5.74, 6) is -0.172. The van der Waals surface area contributed by atoms with E-state index in [1.165, 1.54) is 17.7 Å². The molecule has 2 nitrogen and oxygen atoms in total. The predicted octanol–water partition coefficient (Wildman–Crippen LogP) is 1.75. The Morgan fingerprint density at radius 3 is 2.80 bits per heavy atom. The number of nitrogens with one attached hydrogen (secondary N) is 1. The lowest BCUT2D eigenvalue weighted by Gasteiger charge is -2.23. The highest BCUT2D eigenvalue weighted by atomic mass is 19.1. The normalized spacial score (nSPS) is 21.5. The molecule has 2 rings (SSSR count). The summed E-state index contributed by atoms with van der Waals surface area (Å²) in [7, 11) is 0. The zero-order valence-electron chi connectivity index (χ0n) is 8.71. The maximum absolute atomic E-state index is 12.6. The van der Waals surface area contributed by atoms with Gasteiger partial charge in [-0.3, -0.25) is 0 Å². The Bertz CT molecular complexity index is 293. The molecule has 0 aromatic heterocycles. The van der Waals surface area contributed by atoms with Crippen LogP contribution in [-0.4, -0.2) is 25.8 Å². The van der Waals surface area contributed by atoms with Gasteiger partial charge in [0.2, 0.25) is 0 Å². The van der Waals surface area contributed by atoms with Gasteiger partial charge in [-0.25, -0.2) is 4.39 Å². The van der Waals surface area contributed by atoms with Gasteiger partial charge < -0.3 is 10.1 Å². The second kappa shape index (κ2) is 5.24. The molecule has 0 aliphatic carbocycles. The van der Waals surface area contributed by atoms with Gasteiger partial charge in [-0.15, -0.1) is 0 Å². The van der Waals surface area contributed by atoms with Crippen molar-refractivity contribution in [3.63, 3.8) is 0 Å². The minimum absolute atomic E-state index is 0.172. The number of hydrogen-bond donors (Lipinski definition) is 1. The molecule has 1 aliphatic heterocycles. The van der Waals surface area contributed by atoms with E-state index in [0.717, 1.165) is 32.5 Å². The van der Waals surface area contributed by atoms with Crippen molar-refractivity contribution in [2.24, 2.45) is 0 Å². The molecule has 1 aromatic rings. The molecule has 1 fully saturated rings. The monoisotopic (exact) mass is 209 g/mol.